The summed E-state index contributed by atoms with van der Waals surface area (Å²) in [5.41, 5.74) is 3.62. The quantitative estimate of drug-likeness (QED) is 0.358. The van der Waals surface area contributed by atoms with Crippen molar-refractivity contribution in [1.82, 2.24) is 10.2 Å². The van der Waals surface area contributed by atoms with Gasteiger partial charge in [-0.25, -0.2) is 4.79 Å². The van der Waals surface area contributed by atoms with Crippen LogP contribution in [0.25, 0.3) is 0 Å². The van der Waals surface area contributed by atoms with Crippen molar-refractivity contribution < 1.29 is 19.1 Å². The number of amides is 1. The van der Waals surface area contributed by atoms with Crippen LogP contribution in [-0.2, 0) is 14.3 Å². The van der Waals surface area contributed by atoms with Crippen molar-refractivity contribution in [3.63, 3.8) is 0 Å². The molecule has 4 rings (SSSR count). The summed E-state index contributed by atoms with van der Waals surface area (Å²) in [6.45, 7) is 13.0. The van der Waals surface area contributed by atoms with Crippen LogP contribution in [0, 0.1) is 22.7 Å². The van der Waals surface area contributed by atoms with Crippen molar-refractivity contribution in [2.24, 2.45) is 0 Å². The number of hydrogen-bond donors (Lipinski definition) is 1. The van der Waals surface area contributed by atoms with E-state index in [0.29, 0.717) is 24.0 Å². The molecule has 1 amide bonds. The molecule has 236 valence electrons. The third kappa shape index (κ3) is 15.1. The molecule has 10 heteroatoms. The summed E-state index contributed by atoms with van der Waals surface area (Å²) in [5.74, 6) is 0.929. The SMILES string of the molecule is CC(C)(C)OC(=O)N1CCC(c2ccc(C#N)cc2)CC1.CCOC(C)=O.Cl.Cl.N#Cc1ccc(C2CCNCC2)cc1. The monoisotopic (exact) mass is 632 g/mol. The van der Waals surface area contributed by atoms with Gasteiger partial charge in [-0.2, -0.15) is 10.5 Å². The van der Waals surface area contributed by atoms with E-state index in [2.05, 4.69) is 34.3 Å². The Balaban J connectivity index is 0.000000694. The molecule has 2 fully saturated rings. The summed E-state index contributed by atoms with van der Waals surface area (Å²) in [6, 6.07) is 20.0. The average Bonchev–Trinajstić information content (AvgIpc) is 2.97. The molecule has 0 aliphatic carbocycles. The third-order valence-corrected chi connectivity index (χ3v) is 6.86. The zero-order valence-electron chi connectivity index (χ0n) is 25.9. The van der Waals surface area contributed by atoms with Crippen molar-refractivity contribution in [2.75, 3.05) is 32.8 Å². The first kappa shape index (κ1) is 39.7. The number of halogens is 2. The van der Waals surface area contributed by atoms with E-state index >= 15 is 0 Å². The molecule has 0 bridgehead atoms. The molecule has 1 N–H and O–H groups in total. The van der Waals surface area contributed by atoms with Gasteiger partial charge in [-0.1, -0.05) is 24.3 Å². The van der Waals surface area contributed by atoms with Crippen LogP contribution in [0.5, 0.6) is 0 Å². The van der Waals surface area contributed by atoms with Gasteiger partial charge in [-0.3, -0.25) is 4.79 Å². The smallest absolute Gasteiger partial charge is 0.410 e. The lowest BCUT2D eigenvalue weighted by molar-refractivity contribution is -0.140. The van der Waals surface area contributed by atoms with E-state index in [1.54, 1.807) is 11.8 Å². The Morgan fingerprint density at radius 2 is 1.26 bits per heavy atom. The predicted molar refractivity (Wildman–Crippen MR) is 174 cm³/mol. The number of hydrogen-bond acceptors (Lipinski definition) is 7. The number of esters is 1. The van der Waals surface area contributed by atoms with Crippen molar-refractivity contribution in [1.29, 1.82) is 10.5 Å². The third-order valence-electron chi connectivity index (χ3n) is 6.86. The van der Waals surface area contributed by atoms with Gasteiger partial charge in [-0.05, 0) is 114 Å². The van der Waals surface area contributed by atoms with Crippen LogP contribution in [0.4, 0.5) is 4.79 Å². The molecular formula is C33H46Cl2N4O4. The number of benzene rings is 2. The number of carbonyl (C=O) groups is 2. The summed E-state index contributed by atoms with van der Waals surface area (Å²) in [6.07, 6.45) is 4.08. The molecule has 8 nitrogen and oxygen atoms in total. The molecule has 0 spiro atoms. The topological polar surface area (TPSA) is 115 Å². The Labute approximate surface area is 269 Å². The standard InChI is InChI=1S/C17H22N2O2.C12H14N2.C4H8O2.2ClH/c1-17(2,3)21-16(20)19-10-8-15(9-11-19)14-6-4-13(12-18)5-7-14;13-9-10-1-3-11(4-2-10)12-5-7-14-8-6-12;1-3-6-4(2)5;;/h4-7,15H,8-11H2,1-3H3;1-4,12,14H,5-8H2;3H2,1-2H3;2*1H. The molecule has 2 aromatic carbocycles. The maximum absolute atomic E-state index is 12.0. The zero-order valence-corrected chi connectivity index (χ0v) is 27.6. The lowest BCUT2D eigenvalue weighted by atomic mass is 9.89. The maximum atomic E-state index is 12.0. The Morgan fingerprint density at radius 3 is 1.58 bits per heavy atom. The maximum Gasteiger partial charge on any atom is 0.410 e. The summed E-state index contributed by atoms with van der Waals surface area (Å²) in [5, 5.41) is 20.9. The van der Waals surface area contributed by atoms with Crippen LogP contribution in [0.3, 0.4) is 0 Å². The zero-order chi connectivity index (χ0) is 30.3. The molecule has 2 saturated heterocycles. The molecule has 0 saturated carbocycles. The van der Waals surface area contributed by atoms with E-state index in [9.17, 15) is 9.59 Å². The normalized spacial score (nSPS) is 14.8. The fourth-order valence-corrected chi connectivity index (χ4v) is 4.74. The number of rotatable bonds is 3. The number of carbonyl (C=O) groups excluding carboxylic acids is 2. The fourth-order valence-electron chi connectivity index (χ4n) is 4.74. The van der Waals surface area contributed by atoms with Gasteiger partial charge in [0, 0.05) is 20.0 Å². The van der Waals surface area contributed by atoms with Crippen LogP contribution in [0.15, 0.2) is 48.5 Å². The highest BCUT2D eigenvalue weighted by Crippen LogP contribution is 2.29. The van der Waals surface area contributed by atoms with E-state index in [1.165, 1.54) is 30.9 Å². The Bertz CT molecular complexity index is 1170. The fraction of sp³-hybridized carbons (Fsp3) is 0.515. The van der Waals surface area contributed by atoms with Gasteiger partial charge in [0.2, 0.25) is 0 Å². The molecule has 2 aromatic rings. The largest absolute Gasteiger partial charge is 0.466 e. The molecule has 43 heavy (non-hydrogen) atoms. The van der Waals surface area contributed by atoms with E-state index in [1.807, 2.05) is 57.2 Å². The molecule has 0 aromatic heterocycles. The Kier molecular flexibility index (Phi) is 19.0. The van der Waals surface area contributed by atoms with Crippen LogP contribution in [0.1, 0.15) is 94.4 Å². The van der Waals surface area contributed by atoms with Gasteiger partial charge in [0.05, 0.1) is 29.9 Å². The minimum absolute atomic E-state index is 0. The van der Waals surface area contributed by atoms with Gasteiger partial charge in [0.15, 0.2) is 0 Å². The highest BCUT2D eigenvalue weighted by atomic mass is 35.5. The number of likely N-dealkylation sites (tertiary alicyclic amines) is 1. The van der Waals surface area contributed by atoms with Gasteiger partial charge >= 0.3 is 12.1 Å². The van der Waals surface area contributed by atoms with Crippen LogP contribution < -0.4 is 5.32 Å². The molecule has 2 aliphatic heterocycles. The summed E-state index contributed by atoms with van der Waals surface area (Å²) < 4.78 is 9.80. The van der Waals surface area contributed by atoms with Crippen molar-refractivity contribution >= 4 is 36.9 Å². The van der Waals surface area contributed by atoms with Crippen LogP contribution in [0.2, 0.25) is 0 Å². The first-order chi connectivity index (χ1) is 19.6. The Morgan fingerprint density at radius 1 is 0.837 bits per heavy atom. The second kappa shape index (κ2) is 20.6. The van der Waals surface area contributed by atoms with E-state index < -0.39 is 5.60 Å². The minimum Gasteiger partial charge on any atom is -0.466 e. The summed E-state index contributed by atoms with van der Waals surface area (Å²) in [4.78, 5) is 23.6. The van der Waals surface area contributed by atoms with Gasteiger partial charge in [-0.15, -0.1) is 24.8 Å². The molecule has 2 heterocycles. The van der Waals surface area contributed by atoms with Crippen molar-refractivity contribution in [3.8, 4) is 12.1 Å². The molecule has 2 aliphatic rings. The minimum atomic E-state index is -0.443. The number of nitrogens with zero attached hydrogens (tertiary/aromatic N) is 3. The van der Waals surface area contributed by atoms with Gasteiger partial charge in [0.25, 0.3) is 0 Å². The second-order valence-electron chi connectivity index (χ2n) is 11.2. The van der Waals surface area contributed by atoms with E-state index in [0.717, 1.165) is 44.6 Å². The van der Waals surface area contributed by atoms with E-state index in [4.69, 9.17) is 15.3 Å². The predicted octanol–water partition coefficient (Wildman–Crippen LogP) is 7.11. The molecular weight excluding hydrogens is 587 g/mol. The van der Waals surface area contributed by atoms with Crippen molar-refractivity contribution in [3.05, 3.63) is 70.8 Å². The second-order valence-corrected chi connectivity index (χ2v) is 11.2. The van der Waals surface area contributed by atoms with E-state index in [-0.39, 0.29) is 36.9 Å². The van der Waals surface area contributed by atoms with Gasteiger partial charge in [0.1, 0.15) is 5.60 Å². The number of nitriles is 2. The van der Waals surface area contributed by atoms with Crippen molar-refractivity contribution in [2.45, 2.75) is 77.7 Å². The van der Waals surface area contributed by atoms with Crippen LogP contribution >= 0.6 is 24.8 Å². The summed E-state index contributed by atoms with van der Waals surface area (Å²) >= 11 is 0. The lowest BCUT2D eigenvalue weighted by Crippen LogP contribution is -2.41. The highest BCUT2D eigenvalue weighted by molar-refractivity contribution is 5.85. The number of ether oxygens (including phenoxy) is 2. The number of nitrogens with one attached hydrogen (secondary N) is 1. The Hall–Kier alpha value is -3.30. The molecule has 0 atom stereocenters. The lowest BCUT2D eigenvalue weighted by Gasteiger charge is -2.33. The first-order valence-corrected chi connectivity index (χ1v) is 14.4. The average molecular weight is 634 g/mol. The molecule has 0 radical (unpaired) electrons. The summed E-state index contributed by atoms with van der Waals surface area (Å²) in [7, 11) is 0. The van der Waals surface area contributed by atoms with Crippen LogP contribution in [-0.4, -0.2) is 55.3 Å². The highest BCUT2D eigenvalue weighted by Gasteiger charge is 2.27. The first-order valence-electron chi connectivity index (χ1n) is 14.4. The van der Waals surface area contributed by atoms with Gasteiger partial charge < -0.3 is 19.7 Å². The number of piperidine rings is 2. The molecule has 0 unspecified atom stereocenters.